The molecule has 2 aromatic carbocycles. The Hall–Kier alpha value is -2.63. The summed E-state index contributed by atoms with van der Waals surface area (Å²) in [6.07, 6.45) is 3.16. The lowest BCUT2D eigenvalue weighted by Gasteiger charge is -2.30. The molecule has 0 atom stereocenters. The van der Waals surface area contributed by atoms with Crippen molar-refractivity contribution < 1.29 is 23.0 Å². The number of nitrogens with one attached hydrogen (secondary N) is 1. The maximum atomic E-state index is 14.0. The van der Waals surface area contributed by atoms with E-state index in [1.165, 1.54) is 6.07 Å². The predicted molar refractivity (Wildman–Crippen MR) is 92.6 cm³/mol. The van der Waals surface area contributed by atoms with Crippen molar-refractivity contribution in [2.45, 2.75) is 31.1 Å². The third-order valence-electron chi connectivity index (χ3n) is 5.17. The van der Waals surface area contributed by atoms with Crippen molar-refractivity contribution in [2.75, 3.05) is 18.5 Å². The Balaban J connectivity index is 1.67. The molecule has 1 N–H and O–H groups in total. The van der Waals surface area contributed by atoms with Gasteiger partial charge in [-0.3, -0.25) is 4.79 Å². The standard InChI is InChI=1S/C20H19F2NO3/c21-14-4-5-16(15(22)12-14)23-19(24)20(7-1-2-8-20)13-3-6-17-18(11-13)26-10-9-25-17/h3-6,11-12H,1-2,7-10H2,(H,23,24). The number of halogens is 2. The van der Waals surface area contributed by atoms with Crippen molar-refractivity contribution >= 4 is 11.6 Å². The fourth-order valence-electron chi connectivity index (χ4n) is 3.80. The van der Waals surface area contributed by atoms with Crippen LogP contribution >= 0.6 is 0 Å². The second kappa shape index (κ2) is 6.59. The molecule has 1 saturated carbocycles. The molecule has 0 bridgehead atoms. The van der Waals surface area contributed by atoms with E-state index >= 15 is 0 Å². The summed E-state index contributed by atoms with van der Waals surface area (Å²) < 4.78 is 38.3. The van der Waals surface area contributed by atoms with Crippen molar-refractivity contribution in [3.05, 3.63) is 53.6 Å². The van der Waals surface area contributed by atoms with Crippen molar-refractivity contribution in [1.82, 2.24) is 0 Å². The van der Waals surface area contributed by atoms with Crippen LogP contribution in [0.15, 0.2) is 36.4 Å². The van der Waals surface area contributed by atoms with Crippen LogP contribution in [0.1, 0.15) is 31.2 Å². The molecule has 2 aliphatic rings. The summed E-state index contributed by atoms with van der Waals surface area (Å²) in [4.78, 5) is 13.1. The predicted octanol–water partition coefficient (Wildman–Crippen LogP) is 4.19. The van der Waals surface area contributed by atoms with Gasteiger partial charge in [-0.15, -0.1) is 0 Å². The van der Waals surface area contributed by atoms with Crippen LogP contribution in [-0.2, 0) is 10.2 Å². The Morgan fingerprint density at radius 2 is 1.69 bits per heavy atom. The van der Waals surface area contributed by atoms with Gasteiger partial charge < -0.3 is 14.8 Å². The zero-order chi connectivity index (χ0) is 18.1. The van der Waals surface area contributed by atoms with E-state index in [0.717, 1.165) is 30.5 Å². The van der Waals surface area contributed by atoms with Crippen LogP contribution in [0.5, 0.6) is 11.5 Å². The second-order valence-electron chi connectivity index (χ2n) is 6.73. The lowest BCUT2D eigenvalue weighted by molar-refractivity contribution is -0.121. The van der Waals surface area contributed by atoms with E-state index in [9.17, 15) is 13.6 Å². The molecule has 26 heavy (non-hydrogen) atoms. The molecule has 1 heterocycles. The Morgan fingerprint density at radius 3 is 2.42 bits per heavy atom. The van der Waals surface area contributed by atoms with Crippen molar-refractivity contribution in [3.63, 3.8) is 0 Å². The highest BCUT2D eigenvalue weighted by molar-refractivity contribution is 5.99. The van der Waals surface area contributed by atoms with Gasteiger partial charge in [-0.2, -0.15) is 0 Å². The molecule has 0 spiro atoms. The number of hydrogen-bond acceptors (Lipinski definition) is 3. The quantitative estimate of drug-likeness (QED) is 0.894. The number of ether oxygens (including phenoxy) is 2. The van der Waals surface area contributed by atoms with Gasteiger partial charge in [0.1, 0.15) is 24.8 Å². The molecule has 4 nitrogen and oxygen atoms in total. The fourth-order valence-corrected chi connectivity index (χ4v) is 3.80. The first-order valence-electron chi connectivity index (χ1n) is 8.75. The van der Waals surface area contributed by atoms with E-state index in [1.807, 2.05) is 18.2 Å². The summed E-state index contributed by atoms with van der Waals surface area (Å²) in [6, 6.07) is 8.68. The first-order valence-corrected chi connectivity index (χ1v) is 8.75. The first kappa shape index (κ1) is 16.8. The Labute approximate surface area is 150 Å². The molecule has 2 aromatic rings. The Morgan fingerprint density at radius 1 is 0.962 bits per heavy atom. The number of carbonyl (C=O) groups excluding carboxylic acids is 1. The molecule has 0 radical (unpaired) electrons. The van der Waals surface area contributed by atoms with Crippen molar-refractivity contribution in [1.29, 1.82) is 0 Å². The highest BCUT2D eigenvalue weighted by Gasteiger charge is 2.43. The van der Waals surface area contributed by atoms with Gasteiger partial charge in [-0.1, -0.05) is 18.9 Å². The van der Waals surface area contributed by atoms with E-state index in [4.69, 9.17) is 9.47 Å². The smallest absolute Gasteiger partial charge is 0.235 e. The van der Waals surface area contributed by atoms with Gasteiger partial charge >= 0.3 is 0 Å². The van der Waals surface area contributed by atoms with E-state index in [1.54, 1.807) is 0 Å². The van der Waals surface area contributed by atoms with Gasteiger partial charge in [0, 0.05) is 6.07 Å². The molecule has 1 fully saturated rings. The number of amides is 1. The van der Waals surface area contributed by atoms with Crippen LogP contribution in [0.3, 0.4) is 0 Å². The van der Waals surface area contributed by atoms with Gasteiger partial charge in [0.2, 0.25) is 5.91 Å². The van der Waals surface area contributed by atoms with Gasteiger partial charge in [0.05, 0.1) is 11.1 Å². The molecule has 0 aromatic heterocycles. The lowest BCUT2D eigenvalue weighted by Crippen LogP contribution is -2.38. The minimum atomic E-state index is -0.784. The van der Waals surface area contributed by atoms with Gasteiger partial charge in [-0.25, -0.2) is 8.78 Å². The number of carbonyl (C=O) groups is 1. The zero-order valence-electron chi connectivity index (χ0n) is 14.2. The largest absolute Gasteiger partial charge is 0.486 e. The summed E-state index contributed by atoms with van der Waals surface area (Å²) in [6.45, 7) is 0.970. The Kier molecular flexibility index (Phi) is 4.26. The number of anilines is 1. The number of hydrogen-bond donors (Lipinski definition) is 1. The molecule has 0 saturated heterocycles. The first-order chi connectivity index (χ1) is 12.6. The summed E-state index contributed by atoms with van der Waals surface area (Å²) >= 11 is 0. The molecular weight excluding hydrogens is 340 g/mol. The summed E-state index contributed by atoms with van der Waals surface area (Å²) in [7, 11) is 0. The average Bonchev–Trinajstić information content (AvgIpc) is 3.15. The maximum absolute atomic E-state index is 14.0. The summed E-state index contributed by atoms with van der Waals surface area (Å²) in [5.74, 6) is -0.451. The summed E-state index contributed by atoms with van der Waals surface area (Å²) in [5, 5.41) is 2.65. The number of benzene rings is 2. The number of fused-ring (bicyclic) bond motifs is 1. The van der Waals surface area contributed by atoms with E-state index in [0.29, 0.717) is 37.6 Å². The summed E-state index contributed by atoms with van der Waals surface area (Å²) in [5.41, 5.74) is 0.0657. The highest BCUT2D eigenvalue weighted by Crippen LogP contribution is 2.45. The number of rotatable bonds is 3. The molecule has 0 unspecified atom stereocenters. The third-order valence-corrected chi connectivity index (χ3v) is 5.17. The topological polar surface area (TPSA) is 47.6 Å². The van der Waals surface area contributed by atoms with E-state index in [2.05, 4.69) is 5.32 Å². The van der Waals surface area contributed by atoms with Crippen LogP contribution in [-0.4, -0.2) is 19.1 Å². The minimum Gasteiger partial charge on any atom is -0.486 e. The average molecular weight is 359 g/mol. The zero-order valence-corrected chi connectivity index (χ0v) is 14.2. The Bertz CT molecular complexity index is 847. The van der Waals surface area contributed by atoms with Crippen LogP contribution in [0.4, 0.5) is 14.5 Å². The van der Waals surface area contributed by atoms with Crippen molar-refractivity contribution in [3.8, 4) is 11.5 Å². The molecular formula is C20H19F2NO3. The molecule has 136 valence electrons. The van der Waals surface area contributed by atoms with Crippen molar-refractivity contribution in [2.24, 2.45) is 0 Å². The van der Waals surface area contributed by atoms with Crippen LogP contribution < -0.4 is 14.8 Å². The molecule has 4 rings (SSSR count). The molecule has 1 aliphatic carbocycles. The SMILES string of the molecule is O=C(Nc1ccc(F)cc1F)C1(c2ccc3c(c2)OCCO3)CCCC1. The minimum absolute atomic E-state index is 0.0137. The molecule has 6 heteroatoms. The van der Waals surface area contributed by atoms with E-state index < -0.39 is 17.0 Å². The van der Waals surface area contributed by atoms with Gasteiger partial charge in [0.15, 0.2) is 11.5 Å². The van der Waals surface area contributed by atoms with Crippen LogP contribution in [0, 0.1) is 11.6 Å². The van der Waals surface area contributed by atoms with Crippen LogP contribution in [0.2, 0.25) is 0 Å². The second-order valence-corrected chi connectivity index (χ2v) is 6.73. The fraction of sp³-hybridized carbons (Fsp3) is 0.350. The highest BCUT2D eigenvalue weighted by atomic mass is 19.1. The van der Waals surface area contributed by atoms with Gasteiger partial charge in [0.25, 0.3) is 0 Å². The molecule has 1 amide bonds. The van der Waals surface area contributed by atoms with Crippen LogP contribution in [0.25, 0.3) is 0 Å². The van der Waals surface area contributed by atoms with Gasteiger partial charge in [-0.05, 0) is 42.7 Å². The maximum Gasteiger partial charge on any atom is 0.235 e. The lowest BCUT2D eigenvalue weighted by atomic mass is 9.77. The van der Waals surface area contributed by atoms with E-state index in [-0.39, 0.29) is 11.6 Å². The third kappa shape index (κ3) is 2.89. The molecule has 1 aliphatic heterocycles. The normalized spacial score (nSPS) is 17.8. The monoisotopic (exact) mass is 359 g/mol.